The third-order valence-electron chi connectivity index (χ3n) is 5.87. The lowest BCUT2D eigenvalue weighted by Crippen LogP contribution is -2.59. The van der Waals surface area contributed by atoms with Crippen molar-refractivity contribution < 1.29 is 64.2 Å². The van der Waals surface area contributed by atoms with E-state index in [4.69, 9.17) is 23.7 Å². The molecule has 7 N–H and O–H groups in total. The summed E-state index contributed by atoms with van der Waals surface area (Å²) in [6.45, 7) is 0.706. The lowest BCUT2D eigenvalue weighted by Gasteiger charge is -2.41. The number of methoxy groups -OCH3 is 1. The van der Waals surface area contributed by atoms with E-state index in [1.165, 1.54) is 25.3 Å². The van der Waals surface area contributed by atoms with Gasteiger partial charge in [-0.25, -0.2) is 0 Å². The third-order valence-corrected chi connectivity index (χ3v) is 5.87. The van der Waals surface area contributed by atoms with Crippen molar-refractivity contribution in [3.8, 4) is 34.5 Å². The van der Waals surface area contributed by atoms with Gasteiger partial charge in [-0.3, -0.25) is 4.79 Å². The Hall–Kier alpha value is -3.91. The number of fused-ring (bicyclic) bond motifs is 1. The second-order valence-corrected chi connectivity index (χ2v) is 8.45. The zero-order valence-electron chi connectivity index (χ0n) is 19.6. The Balaban J connectivity index is 1.73. The largest absolute Gasteiger partial charge is 0.508 e. The van der Waals surface area contributed by atoms with E-state index in [9.17, 15) is 40.5 Å². The van der Waals surface area contributed by atoms with E-state index in [0.29, 0.717) is 0 Å². The molecule has 0 saturated carbocycles. The molecule has 37 heavy (non-hydrogen) atoms. The number of phenols is 4. The van der Waals surface area contributed by atoms with Crippen molar-refractivity contribution in [1.82, 2.24) is 0 Å². The molecular formula is C24H26O13. The van der Waals surface area contributed by atoms with Gasteiger partial charge in [0.1, 0.15) is 54.0 Å². The van der Waals surface area contributed by atoms with E-state index in [1.54, 1.807) is 0 Å². The van der Waals surface area contributed by atoms with Crippen molar-refractivity contribution in [1.29, 1.82) is 0 Å². The number of hydrogen-bond acceptors (Lipinski definition) is 13. The van der Waals surface area contributed by atoms with Gasteiger partial charge in [0.2, 0.25) is 12.0 Å². The highest BCUT2D eigenvalue weighted by Gasteiger charge is 2.46. The summed E-state index contributed by atoms with van der Waals surface area (Å²) in [6.07, 6.45) is -7.85. The number of esters is 1. The van der Waals surface area contributed by atoms with Gasteiger partial charge in [-0.05, 0) is 18.2 Å². The molecular weight excluding hydrogens is 496 g/mol. The van der Waals surface area contributed by atoms with E-state index >= 15 is 0 Å². The van der Waals surface area contributed by atoms with Crippen LogP contribution in [0.25, 0.3) is 6.08 Å². The molecule has 4 rings (SSSR count). The number of aliphatic hydroxyl groups excluding tert-OH is 3. The number of phenolic OH excluding ortho intramolecular Hbond substituents is 4. The van der Waals surface area contributed by atoms with Crippen LogP contribution in [0.3, 0.4) is 0 Å². The zero-order chi connectivity index (χ0) is 27.0. The summed E-state index contributed by atoms with van der Waals surface area (Å²) >= 11 is 0. The van der Waals surface area contributed by atoms with Crippen LogP contribution in [0.2, 0.25) is 0 Å². The van der Waals surface area contributed by atoms with Gasteiger partial charge in [0.25, 0.3) is 0 Å². The average molecular weight is 522 g/mol. The Morgan fingerprint density at radius 3 is 2.38 bits per heavy atom. The number of aromatic hydroxyl groups is 4. The first-order valence-electron chi connectivity index (χ1n) is 11.0. The number of ether oxygens (including phenoxy) is 5. The minimum atomic E-state index is -1.76. The van der Waals surface area contributed by atoms with Crippen molar-refractivity contribution in [2.24, 2.45) is 0 Å². The summed E-state index contributed by atoms with van der Waals surface area (Å²) in [5, 5.41) is 71.5. The van der Waals surface area contributed by atoms with E-state index in [0.717, 1.165) is 19.1 Å². The Morgan fingerprint density at radius 1 is 0.973 bits per heavy atom. The second kappa shape index (κ2) is 10.2. The van der Waals surface area contributed by atoms with E-state index in [2.05, 4.69) is 0 Å². The van der Waals surface area contributed by atoms with Crippen LogP contribution in [0.4, 0.5) is 0 Å². The minimum absolute atomic E-state index is 0.0367. The molecule has 2 aliphatic rings. The maximum atomic E-state index is 11.2. The highest BCUT2D eigenvalue weighted by molar-refractivity contribution is 5.70. The summed E-state index contributed by atoms with van der Waals surface area (Å²) in [6, 6.07) is 4.79. The molecule has 1 unspecified atom stereocenters. The van der Waals surface area contributed by atoms with E-state index in [-0.39, 0.29) is 39.9 Å². The first-order chi connectivity index (χ1) is 17.5. The predicted molar refractivity (Wildman–Crippen MR) is 122 cm³/mol. The van der Waals surface area contributed by atoms with Gasteiger partial charge < -0.3 is 59.4 Å². The van der Waals surface area contributed by atoms with Crippen LogP contribution >= 0.6 is 0 Å². The van der Waals surface area contributed by atoms with E-state index in [1.807, 2.05) is 0 Å². The quantitative estimate of drug-likeness (QED) is 0.203. The second-order valence-electron chi connectivity index (χ2n) is 8.45. The fourth-order valence-electron chi connectivity index (χ4n) is 3.98. The van der Waals surface area contributed by atoms with E-state index < -0.39 is 60.9 Å². The fraction of sp³-hybridized carbons (Fsp3) is 0.375. The topological polar surface area (TPSA) is 205 Å². The Bertz CT molecular complexity index is 1210. The number of hydrogen-bond donors (Lipinski definition) is 7. The summed E-state index contributed by atoms with van der Waals surface area (Å²) in [5.74, 6) is -2.56. The standard InChI is InChI=1S/C24H26O13/c1-9(25)34-8-18-20(30)21(31)22(32)24(37-18)36-17-7-12-13(27)5-11(26)6-15(12)35-23(17)10-3-14(28)19(29)16(4-10)33-2/h3-7,18,20-24,26-32H,8H2,1-2H3/t18-,20-,21+,22-,23?,24-/m1/s1. The molecule has 0 bridgehead atoms. The van der Waals surface area contributed by atoms with Gasteiger partial charge in [-0.1, -0.05) is 0 Å². The predicted octanol–water partition coefficient (Wildman–Crippen LogP) is 0.379. The molecule has 6 atom stereocenters. The molecule has 13 nitrogen and oxygen atoms in total. The Kier molecular flexibility index (Phi) is 7.23. The maximum Gasteiger partial charge on any atom is 0.302 e. The molecule has 1 saturated heterocycles. The number of carbonyl (C=O) groups is 1. The third kappa shape index (κ3) is 5.15. The molecule has 200 valence electrons. The van der Waals surface area contributed by atoms with Crippen molar-refractivity contribution in [2.45, 2.75) is 43.7 Å². The van der Waals surface area contributed by atoms with Gasteiger partial charge in [0.05, 0.1) is 12.7 Å². The average Bonchev–Trinajstić information content (AvgIpc) is 2.85. The van der Waals surface area contributed by atoms with Crippen molar-refractivity contribution in [3.63, 3.8) is 0 Å². The van der Waals surface area contributed by atoms with Crippen LogP contribution in [-0.4, -0.2) is 86.1 Å². The molecule has 0 amide bonds. The van der Waals surface area contributed by atoms with Gasteiger partial charge in [0.15, 0.2) is 17.6 Å². The van der Waals surface area contributed by atoms with Gasteiger partial charge in [-0.15, -0.1) is 0 Å². The van der Waals surface area contributed by atoms with Crippen LogP contribution in [0.5, 0.6) is 34.5 Å². The Morgan fingerprint density at radius 2 is 1.70 bits per heavy atom. The molecule has 0 spiro atoms. The maximum absolute atomic E-state index is 11.2. The highest BCUT2D eigenvalue weighted by Crippen LogP contribution is 2.47. The molecule has 2 aliphatic heterocycles. The van der Waals surface area contributed by atoms with Crippen LogP contribution in [0.15, 0.2) is 30.0 Å². The molecule has 2 heterocycles. The minimum Gasteiger partial charge on any atom is -0.508 e. The number of aliphatic hydroxyl groups is 3. The molecule has 0 radical (unpaired) electrons. The fourth-order valence-corrected chi connectivity index (χ4v) is 3.98. The lowest BCUT2D eigenvalue weighted by molar-refractivity contribution is -0.294. The smallest absolute Gasteiger partial charge is 0.302 e. The van der Waals surface area contributed by atoms with Gasteiger partial charge >= 0.3 is 5.97 Å². The summed E-state index contributed by atoms with van der Waals surface area (Å²) in [4.78, 5) is 11.2. The summed E-state index contributed by atoms with van der Waals surface area (Å²) < 4.78 is 27.3. The number of rotatable bonds is 6. The van der Waals surface area contributed by atoms with Crippen LogP contribution in [0.1, 0.15) is 24.2 Å². The number of benzene rings is 2. The molecule has 13 heteroatoms. The van der Waals surface area contributed by atoms with Crippen molar-refractivity contribution in [2.75, 3.05) is 13.7 Å². The normalized spacial score (nSPS) is 26.9. The van der Waals surface area contributed by atoms with Gasteiger partial charge in [0, 0.05) is 24.6 Å². The van der Waals surface area contributed by atoms with Crippen molar-refractivity contribution in [3.05, 3.63) is 41.2 Å². The Labute approximate surface area is 209 Å². The van der Waals surface area contributed by atoms with Crippen LogP contribution in [-0.2, 0) is 19.0 Å². The lowest BCUT2D eigenvalue weighted by atomic mass is 9.98. The number of carbonyl (C=O) groups excluding carboxylic acids is 1. The molecule has 2 aromatic rings. The first-order valence-corrected chi connectivity index (χ1v) is 11.0. The van der Waals surface area contributed by atoms with Gasteiger partial charge in [-0.2, -0.15) is 0 Å². The SMILES string of the molecule is COc1cc(C2Oc3cc(O)cc(O)c3C=C2O[C@@H]2O[C@H](COC(C)=O)[C@@H](O)[C@H](O)[C@H]2O)cc(O)c1O. The molecule has 0 aliphatic carbocycles. The summed E-state index contributed by atoms with van der Waals surface area (Å²) in [5.41, 5.74) is 0.288. The summed E-state index contributed by atoms with van der Waals surface area (Å²) in [7, 11) is 1.26. The van der Waals surface area contributed by atoms with Crippen molar-refractivity contribution >= 4 is 12.0 Å². The molecule has 1 fully saturated rings. The zero-order valence-corrected chi connectivity index (χ0v) is 19.6. The molecule has 0 aromatic heterocycles. The monoisotopic (exact) mass is 522 g/mol. The van der Waals surface area contributed by atoms with Crippen LogP contribution in [0, 0.1) is 0 Å². The highest BCUT2D eigenvalue weighted by atomic mass is 16.7. The molecule has 2 aromatic carbocycles. The van der Waals surface area contributed by atoms with Crippen LogP contribution < -0.4 is 9.47 Å². The first kappa shape index (κ1) is 26.2.